The van der Waals surface area contributed by atoms with Crippen molar-refractivity contribution in [2.24, 2.45) is 0 Å². The van der Waals surface area contributed by atoms with Gasteiger partial charge in [-0.25, -0.2) is 15.0 Å². The van der Waals surface area contributed by atoms with Crippen molar-refractivity contribution in [3.63, 3.8) is 0 Å². The van der Waals surface area contributed by atoms with Gasteiger partial charge in [-0.1, -0.05) is 74.5 Å². The maximum atomic E-state index is 4.91. The Morgan fingerprint density at radius 1 is 0.550 bits per heavy atom. The normalized spacial score (nSPS) is 18.1. The highest BCUT2D eigenvalue weighted by Gasteiger charge is 2.46. The molecular weight excluding hydrogens is 490 g/mol. The van der Waals surface area contributed by atoms with Gasteiger partial charge in [-0.2, -0.15) is 0 Å². The minimum atomic E-state index is -0.136. The Balaban J connectivity index is 1.33. The van der Waals surface area contributed by atoms with Crippen LogP contribution in [0.25, 0.3) is 56.7 Å². The standard InChI is InChI=1S/C35H25N5/c1-21-27-19-23(32-38-33(30-11-5-7-17-36-30)40-34(39-32)31-12-6-8-18-37-31)14-15-24(27)22-13-16-26-25-9-3-4-10-28(25)35(21,2)29(26)20-22/h3-21H,1-2H3. The average Bonchev–Trinajstić information content (AvgIpc) is 3.26. The number of aromatic nitrogens is 5. The molecule has 2 atom stereocenters. The summed E-state index contributed by atoms with van der Waals surface area (Å²) >= 11 is 0. The third kappa shape index (κ3) is 3.24. The van der Waals surface area contributed by atoms with Crippen LogP contribution >= 0.6 is 0 Å². The van der Waals surface area contributed by atoms with Gasteiger partial charge >= 0.3 is 0 Å². The van der Waals surface area contributed by atoms with Gasteiger partial charge in [0.15, 0.2) is 17.5 Å². The van der Waals surface area contributed by atoms with Crippen LogP contribution in [0.15, 0.2) is 109 Å². The molecule has 3 aromatic heterocycles. The Morgan fingerprint density at radius 2 is 1.15 bits per heavy atom. The van der Waals surface area contributed by atoms with E-state index < -0.39 is 0 Å². The molecule has 5 heteroatoms. The first-order chi connectivity index (χ1) is 19.6. The minimum Gasteiger partial charge on any atom is -0.253 e. The van der Waals surface area contributed by atoms with E-state index in [-0.39, 0.29) is 11.3 Å². The van der Waals surface area contributed by atoms with E-state index in [2.05, 4.69) is 84.5 Å². The zero-order chi connectivity index (χ0) is 26.8. The third-order valence-corrected chi connectivity index (χ3v) is 8.73. The highest BCUT2D eigenvalue weighted by molar-refractivity contribution is 5.87. The lowest BCUT2D eigenvalue weighted by atomic mass is 9.68. The molecule has 0 aliphatic heterocycles. The van der Waals surface area contributed by atoms with Gasteiger partial charge in [0.05, 0.1) is 0 Å². The van der Waals surface area contributed by atoms with Crippen molar-refractivity contribution in [3.05, 3.63) is 126 Å². The summed E-state index contributed by atoms with van der Waals surface area (Å²) in [5, 5.41) is 0. The van der Waals surface area contributed by atoms with Crippen LogP contribution in [0.1, 0.15) is 36.5 Å². The Kier molecular flexibility index (Phi) is 4.86. The molecule has 3 aromatic carbocycles. The van der Waals surface area contributed by atoms with E-state index in [1.165, 1.54) is 38.9 Å². The molecule has 40 heavy (non-hydrogen) atoms. The molecule has 0 N–H and O–H groups in total. The monoisotopic (exact) mass is 515 g/mol. The molecule has 0 saturated heterocycles. The fourth-order valence-electron chi connectivity index (χ4n) is 6.52. The van der Waals surface area contributed by atoms with Crippen LogP contribution in [0.5, 0.6) is 0 Å². The van der Waals surface area contributed by atoms with Crippen molar-refractivity contribution in [3.8, 4) is 56.7 Å². The number of nitrogens with zero attached hydrogens (tertiary/aromatic N) is 5. The zero-order valence-electron chi connectivity index (χ0n) is 22.2. The van der Waals surface area contributed by atoms with Gasteiger partial charge in [0.25, 0.3) is 0 Å². The third-order valence-electron chi connectivity index (χ3n) is 8.73. The van der Waals surface area contributed by atoms with Gasteiger partial charge in [0, 0.05) is 23.4 Å². The van der Waals surface area contributed by atoms with Crippen LogP contribution < -0.4 is 0 Å². The molecule has 0 fully saturated rings. The Bertz CT molecular complexity index is 1880. The predicted octanol–water partition coefficient (Wildman–Crippen LogP) is 7.73. The number of hydrogen-bond donors (Lipinski definition) is 0. The minimum absolute atomic E-state index is 0.136. The molecule has 0 spiro atoms. The zero-order valence-corrected chi connectivity index (χ0v) is 22.2. The number of rotatable bonds is 3. The second kappa shape index (κ2) is 8.48. The highest BCUT2D eigenvalue weighted by atomic mass is 15.1. The summed E-state index contributed by atoms with van der Waals surface area (Å²) in [6.07, 6.45) is 3.51. The first kappa shape index (κ1) is 22.9. The van der Waals surface area contributed by atoms with Crippen molar-refractivity contribution in [2.75, 3.05) is 0 Å². The Morgan fingerprint density at radius 3 is 1.85 bits per heavy atom. The first-order valence-electron chi connectivity index (χ1n) is 13.6. The second-order valence-electron chi connectivity index (χ2n) is 10.8. The number of fused-ring (bicyclic) bond motifs is 6. The highest BCUT2D eigenvalue weighted by Crippen LogP contribution is 2.58. The Hall–Kier alpha value is -5.03. The van der Waals surface area contributed by atoms with E-state index in [1.54, 1.807) is 12.4 Å². The van der Waals surface area contributed by atoms with Gasteiger partial charge in [0.2, 0.25) is 0 Å². The molecular formula is C35H25N5. The molecule has 3 heterocycles. The van der Waals surface area contributed by atoms with Crippen molar-refractivity contribution in [1.82, 2.24) is 24.9 Å². The number of benzene rings is 3. The molecule has 0 amide bonds. The van der Waals surface area contributed by atoms with Gasteiger partial charge in [-0.3, -0.25) is 9.97 Å². The SMILES string of the molecule is CC1c2cc(-c3nc(-c4ccccn4)nc(-c4ccccn4)n3)ccc2-c2ccc3c(c2)C1(C)c1ccccc1-3. The van der Waals surface area contributed by atoms with Gasteiger partial charge in [-0.15, -0.1) is 0 Å². The van der Waals surface area contributed by atoms with Crippen LogP contribution in [-0.4, -0.2) is 24.9 Å². The van der Waals surface area contributed by atoms with E-state index in [0.717, 1.165) is 5.56 Å². The van der Waals surface area contributed by atoms with E-state index in [1.807, 2.05) is 36.4 Å². The molecule has 2 aliphatic rings. The van der Waals surface area contributed by atoms with Gasteiger partial charge < -0.3 is 0 Å². The molecule has 6 aromatic rings. The van der Waals surface area contributed by atoms with Crippen molar-refractivity contribution >= 4 is 0 Å². The van der Waals surface area contributed by atoms with Crippen LogP contribution in [0.3, 0.4) is 0 Å². The van der Waals surface area contributed by atoms with Gasteiger partial charge in [-0.05, 0) is 81.3 Å². The first-order valence-corrected chi connectivity index (χ1v) is 13.6. The Labute approximate surface area is 232 Å². The van der Waals surface area contributed by atoms with Crippen LogP contribution in [0, 0.1) is 0 Å². The van der Waals surface area contributed by atoms with Crippen molar-refractivity contribution < 1.29 is 0 Å². The smallest absolute Gasteiger partial charge is 0.182 e. The van der Waals surface area contributed by atoms with E-state index in [9.17, 15) is 0 Å². The fourth-order valence-corrected chi connectivity index (χ4v) is 6.52. The van der Waals surface area contributed by atoms with E-state index in [0.29, 0.717) is 28.9 Å². The topological polar surface area (TPSA) is 64.5 Å². The van der Waals surface area contributed by atoms with Crippen LogP contribution in [0.4, 0.5) is 0 Å². The lowest BCUT2D eigenvalue weighted by Crippen LogP contribution is -2.27. The fraction of sp³-hybridized carbons (Fsp3) is 0.114. The summed E-state index contributed by atoms with van der Waals surface area (Å²) in [4.78, 5) is 23.6. The molecule has 190 valence electrons. The largest absolute Gasteiger partial charge is 0.253 e. The summed E-state index contributed by atoms with van der Waals surface area (Å²) in [5.74, 6) is 1.90. The molecule has 8 rings (SSSR count). The summed E-state index contributed by atoms with van der Waals surface area (Å²) < 4.78 is 0. The van der Waals surface area contributed by atoms with Crippen molar-refractivity contribution in [2.45, 2.75) is 25.2 Å². The molecule has 0 saturated carbocycles. The molecule has 2 bridgehead atoms. The summed E-state index contributed by atoms with van der Waals surface area (Å²) in [6.45, 7) is 4.76. The second-order valence-corrected chi connectivity index (χ2v) is 10.8. The van der Waals surface area contributed by atoms with E-state index in [4.69, 9.17) is 15.0 Å². The molecule has 2 aliphatic carbocycles. The molecule has 0 radical (unpaired) electrons. The lowest BCUT2D eigenvalue weighted by Gasteiger charge is -2.34. The predicted molar refractivity (Wildman–Crippen MR) is 157 cm³/mol. The van der Waals surface area contributed by atoms with Crippen LogP contribution in [-0.2, 0) is 5.41 Å². The van der Waals surface area contributed by atoms with E-state index >= 15 is 0 Å². The average molecular weight is 516 g/mol. The molecule has 2 unspecified atom stereocenters. The number of hydrogen-bond acceptors (Lipinski definition) is 5. The summed E-state index contributed by atoms with van der Waals surface area (Å²) in [7, 11) is 0. The quantitative estimate of drug-likeness (QED) is 0.241. The van der Waals surface area contributed by atoms with Crippen LogP contribution in [0.2, 0.25) is 0 Å². The summed E-state index contributed by atoms with van der Waals surface area (Å²) in [5.41, 5.74) is 11.5. The number of pyridine rings is 2. The van der Waals surface area contributed by atoms with Crippen molar-refractivity contribution in [1.29, 1.82) is 0 Å². The van der Waals surface area contributed by atoms with Gasteiger partial charge in [0.1, 0.15) is 11.4 Å². The lowest BCUT2D eigenvalue weighted by molar-refractivity contribution is 0.488. The molecule has 5 nitrogen and oxygen atoms in total. The summed E-state index contributed by atoms with van der Waals surface area (Å²) in [6, 6.07) is 34.0. The maximum Gasteiger partial charge on any atom is 0.182 e. The maximum absolute atomic E-state index is 4.91.